The number of rotatable bonds is 8. The Morgan fingerprint density at radius 2 is 1.88 bits per heavy atom. The third-order valence-electron chi connectivity index (χ3n) is 4.63. The molecular weight excluding hydrogens is 436 g/mol. The summed E-state index contributed by atoms with van der Waals surface area (Å²) >= 11 is 6.33. The van der Waals surface area contributed by atoms with Crippen LogP contribution in [-0.4, -0.2) is 43.1 Å². The van der Waals surface area contributed by atoms with E-state index in [4.69, 9.17) is 21.1 Å². The monoisotopic (exact) mass is 458 g/mol. The maximum Gasteiger partial charge on any atom is 0.343 e. The highest BCUT2D eigenvalue weighted by molar-refractivity contribution is 6.32. The third-order valence-corrected chi connectivity index (χ3v) is 4.91. The Morgan fingerprint density at radius 3 is 2.53 bits per heavy atom. The average molecular weight is 459 g/mol. The van der Waals surface area contributed by atoms with Crippen LogP contribution < -0.4 is 14.8 Å². The lowest BCUT2D eigenvalue weighted by Gasteiger charge is -2.14. The molecule has 0 spiro atoms. The zero-order valence-corrected chi connectivity index (χ0v) is 18.7. The van der Waals surface area contributed by atoms with E-state index in [0.29, 0.717) is 17.9 Å². The van der Waals surface area contributed by atoms with Gasteiger partial charge in [0.2, 0.25) is 0 Å². The number of ether oxygens (including phenoxy) is 3. The van der Waals surface area contributed by atoms with Crippen LogP contribution in [0.4, 0.5) is 4.79 Å². The molecule has 1 fully saturated rings. The van der Waals surface area contributed by atoms with Gasteiger partial charge in [0.15, 0.2) is 18.1 Å². The number of imide groups is 1. The van der Waals surface area contributed by atoms with Crippen molar-refractivity contribution in [3.05, 3.63) is 63.8 Å². The van der Waals surface area contributed by atoms with Gasteiger partial charge in [-0.25, -0.2) is 9.59 Å². The lowest BCUT2D eigenvalue weighted by molar-refractivity contribution is -0.142. The number of carbonyl (C=O) groups excluding carboxylic acids is 3. The van der Waals surface area contributed by atoms with Crippen LogP contribution in [0.2, 0.25) is 5.02 Å². The van der Waals surface area contributed by atoms with E-state index in [9.17, 15) is 14.4 Å². The molecule has 1 aliphatic rings. The first kappa shape index (κ1) is 23.1. The van der Waals surface area contributed by atoms with Gasteiger partial charge in [0.1, 0.15) is 5.70 Å². The summed E-state index contributed by atoms with van der Waals surface area (Å²) in [4.78, 5) is 37.7. The van der Waals surface area contributed by atoms with E-state index in [1.807, 2.05) is 31.2 Å². The predicted molar refractivity (Wildman–Crippen MR) is 118 cm³/mol. The number of benzene rings is 2. The van der Waals surface area contributed by atoms with Gasteiger partial charge in [0, 0.05) is 0 Å². The van der Waals surface area contributed by atoms with Crippen molar-refractivity contribution in [3.8, 4) is 11.5 Å². The number of esters is 1. The summed E-state index contributed by atoms with van der Waals surface area (Å²) in [5, 5.41) is 2.77. The summed E-state index contributed by atoms with van der Waals surface area (Å²) in [6, 6.07) is 10.2. The van der Waals surface area contributed by atoms with E-state index in [1.54, 1.807) is 19.1 Å². The molecule has 9 heteroatoms. The highest BCUT2D eigenvalue weighted by Crippen LogP contribution is 2.37. The van der Waals surface area contributed by atoms with Crippen molar-refractivity contribution in [3.63, 3.8) is 0 Å². The number of nitrogens with one attached hydrogen (secondary N) is 1. The first-order chi connectivity index (χ1) is 15.3. The highest BCUT2D eigenvalue weighted by atomic mass is 35.5. The second-order valence-corrected chi connectivity index (χ2v) is 7.40. The molecule has 32 heavy (non-hydrogen) atoms. The van der Waals surface area contributed by atoms with Crippen molar-refractivity contribution in [2.24, 2.45) is 0 Å². The minimum atomic E-state index is -0.567. The van der Waals surface area contributed by atoms with Crippen LogP contribution in [0.5, 0.6) is 11.5 Å². The number of methoxy groups -OCH3 is 1. The number of amides is 3. The van der Waals surface area contributed by atoms with Gasteiger partial charge < -0.3 is 19.5 Å². The quantitative estimate of drug-likeness (QED) is 0.368. The molecule has 0 radical (unpaired) electrons. The average Bonchev–Trinajstić information content (AvgIpc) is 3.02. The summed E-state index contributed by atoms with van der Waals surface area (Å²) < 4.78 is 15.6. The van der Waals surface area contributed by atoms with Crippen molar-refractivity contribution < 1.29 is 28.6 Å². The molecule has 8 nitrogen and oxygen atoms in total. The largest absolute Gasteiger partial charge is 0.490 e. The zero-order chi connectivity index (χ0) is 23.3. The van der Waals surface area contributed by atoms with Gasteiger partial charge in [-0.2, -0.15) is 0 Å². The van der Waals surface area contributed by atoms with Gasteiger partial charge in [-0.15, -0.1) is 0 Å². The number of halogens is 1. The second-order valence-electron chi connectivity index (χ2n) is 6.99. The highest BCUT2D eigenvalue weighted by Gasteiger charge is 2.33. The third kappa shape index (κ3) is 5.39. The van der Waals surface area contributed by atoms with Gasteiger partial charge in [-0.3, -0.25) is 9.69 Å². The van der Waals surface area contributed by atoms with Gasteiger partial charge in [-0.1, -0.05) is 41.4 Å². The topological polar surface area (TPSA) is 94.2 Å². The standard InChI is InChI=1S/C23H23ClN2O6/c1-4-31-19-11-16(9-17(24)21(19)32-13-20(27)30-3)10-18-22(28)26(23(29)25-18)12-15-7-5-14(2)6-8-15/h5-11H,4,12-13H2,1-3H3,(H,25,29)/b18-10+. The van der Waals surface area contributed by atoms with Crippen molar-refractivity contribution in [2.45, 2.75) is 20.4 Å². The van der Waals surface area contributed by atoms with Gasteiger partial charge in [0.25, 0.3) is 5.91 Å². The molecule has 168 valence electrons. The fourth-order valence-electron chi connectivity index (χ4n) is 3.02. The molecule has 3 amide bonds. The SMILES string of the molecule is CCOc1cc(/C=C2/NC(=O)N(Cc3ccc(C)cc3)C2=O)cc(Cl)c1OCC(=O)OC. The maximum atomic E-state index is 12.8. The molecule has 0 bridgehead atoms. The molecule has 1 aliphatic heterocycles. The summed E-state index contributed by atoms with van der Waals surface area (Å²) in [5.41, 5.74) is 2.57. The van der Waals surface area contributed by atoms with Crippen molar-refractivity contribution in [2.75, 3.05) is 20.3 Å². The van der Waals surface area contributed by atoms with Crippen LogP contribution in [0, 0.1) is 6.92 Å². The Kier molecular flexibility index (Phi) is 7.37. The van der Waals surface area contributed by atoms with Crippen LogP contribution in [0.3, 0.4) is 0 Å². The molecule has 0 aromatic heterocycles. The number of nitrogens with zero attached hydrogens (tertiary/aromatic N) is 1. The number of carbonyl (C=O) groups is 3. The predicted octanol–water partition coefficient (Wildman–Crippen LogP) is 3.69. The van der Waals surface area contributed by atoms with Crippen LogP contribution in [0.25, 0.3) is 6.08 Å². The number of urea groups is 1. The molecule has 0 aliphatic carbocycles. The fourth-order valence-corrected chi connectivity index (χ4v) is 3.30. The van der Waals surface area contributed by atoms with Gasteiger partial charge >= 0.3 is 12.0 Å². The number of hydrogen-bond donors (Lipinski definition) is 1. The van der Waals surface area contributed by atoms with E-state index in [0.717, 1.165) is 16.0 Å². The summed E-state index contributed by atoms with van der Waals surface area (Å²) in [6.07, 6.45) is 1.51. The van der Waals surface area contributed by atoms with E-state index >= 15 is 0 Å². The molecule has 0 saturated carbocycles. The normalized spacial score (nSPS) is 14.5. The van der Waals surface area contributed by atoms with Crippen LogP contribution in [-0.2, 0) is 20.9 Å². The van der Waals surface area contributed by atoms with E-state index in [-0.39, 0.29) is 29.6 Å². The van der Waals surface area contributed by atoms with Crippen molar-refractivity contribution in [1.29, 1.82) is 0 Å². The van der Waals surface area contributed by atoms with Gasteiger partial charge in [-0.05, 0) is 43.2 Å². The molecule has 0 unspecified atom stereocenters. The molecule has 1 N–H and O–H groups in total. The van der Waals surface area contributed by atoms with E-state index in [1.165, 1.54) is 13.2 Å². The van der Waals surface area contributed by atoms with Crippen molar-refractivity contribution in [1.82, 2.24) is 10.2 Å². The molecule has 2 aromatic rings. The first-order valence-electron chi connectivity index (χ1n) is 9.88. The minimum Gasteiger partial charge on any atom is -0.490 e. The first-order valence-corrected chi connectivity index (χ1v) is 10.3. The lowest BCUT2D eigenvalue weighted by Crippen LogP contribution is -2.30. The molecule has 0 atom stereocenters. The Bertz CT molecular complexity index is 1060. The van der Waals surface area contributed by atoms with Crippen LogP contribution >= 0.6 is 11.6 Å². The lowest BCUT2D eigenvalue weighted by atomic mass is 10.1. The second kappa shape index (κ2) is 10.2. The molecule has 1 heterocycles. The Labute approximate surface area is 190 Å². The smallest absolute Gasteiger partial charge is 0.343 e. The zero-order valence-electron chi connectivity index (χ0n) is 17.9. The maximum absolute atomic E-state index is 12.8. The summed E-state index contributed by atoms with van der Waals surface area (Å²) in [7, 11) is 1.25. The number of aryl methyl sites for hydroxylation is 1. The summed E-state index contributed by atoms with van der Waals surface area (Å²) in [6.45, 7) is 3.90. The Hall–Kier alpha value is -3.52. The molecule has 3 rings (SSSR count). The van der Waals surface area contributed by atoms with Crippen LogP contribution in [0.15, 0.2) is 42.1 Å². The Balaban J connectivity index is 1.83. The Morgan fingerprint density at radius 1 is 1.16 bits per heavy atom. The van der Waals surface area contributed by atoms with Crippen molar-refractivity contribution >= 4 is 35.6 Å². The summed E-state index contributed by atoms with van der Waals surface area (Å²) in [5.74, 6) is -0.536. The molecule has 2 aromatic carbocycles. The van der Waals surface area contributed by atoms with Gasteiger partial charge in [0.05, 0.1) is 25.3 Å². The minimum absolute atomic E-state index is 0.115. The number of hydrogen-bond acceptors (Lipinski definition) is 6. The van der Waals surface area contributed by atoms with E-state index < -0.39 is 17.9 Å². The van der Waals surface area contributed by atoms with Crippen LogP contribution in [0.1, 0.15) is 23.6 Å². The molecule has 1 saturated heterocycles. The van der Waals surface area contributed by atoms with E-state index in [2.05, 4.69) is 10.1 Å². The fraction of sp³-hybridized carbons (Fsp3) is 0.261. The molecular formula is C23H23ClN2O6.